The third kappa shape index (κ3) is 3.99. The van der Waals surface area contributed by atoms with Gasteiger partial charge in [0.25, 0.3) is 0 Å². The molecule has 1 N–H and O–H groups in total. The van der Waals surface area contributed by atoms with Crippen molar-refractivity contribution in [2.24, 2.45) is 0 Å². The van der Waals surface area contributed by atoms with Crippen molar-refractivity contribution < 1.29 is 9.21 Å². The third-order valence-corrected chi connectivity index (χ3v) is 4.86. The number of carbonyl (C=O) groups is 1. The Morgan fingerprint density at radius 3 is 2.73 bits per heavy atom. The Morgan fingerprint density at radius 2 is 2.08 bits per heavy atom. The first-order valence-corrected chi connectivity index (χ1v) is 9.43. The van der Waals surface area contributed by atoms with Crippen LogP contribution in [0.5, 0.6) is 0 Å². The van der Waals surface area contributed by atoms with Crippen molar-refractivity contribution in [3.05, 3.63) is 47.9 Å². The van der Waals surface area contributed by atoms with Crippen molar-refractivity contribution in [1.29, 1.82) is 0 Å². The van der Waals surface area contributed by atoms with Gasteiger partial charge in [0.1, 0.15) is 5.76 Å². The summed E-state index contributed by atoms with van der Waals surface area (Å²) in [5.74, 6) is 1.75. The van der Waals surface area contributed by atoms with Gasteiger partial charge in [0.05, 0.1) is 17.6 Å². The third-order valence-electron chi connectivity index (χ3n) is 3.91. The summed E-state index contributed by atoms with van der Waals surface area (Å²) in [6.07, 6.45) is 1.64. The molecule has 2 heterocycles. The van der Waals surface area contributed by atoms with E-state index in [0.717, 1.165) is 33.6 Å². The number of hydrogen-bond donors (Lipinski definition) is 1. The highest BCUT2D eigenvalue weighted by molar-refractivity contribution is 7.99. The lowest BCUT2D eigenvalue weighted by atomic mass is 10.2. The molecule has 1 aromatic carbocycles. The van der Waals surface area contributed by atoms with E-state index in [1.807, 2.05) is 48.7 Å². The van der Waals surface area contributed by atoms with Crippen LogP contribution >= 0.6 is 11.8 Å². The van der Waals surface area contributed by atoms with Crippen LogP contribution in [0, 0.1) is 13.8 Å². The molecule has 7 heteroatoms. The number of nitrogens with zero attached hydrogens (tertiary/aromatic N) is 3. The molecular formula is C19H22N4O2S. The van der Waals surface area contributed by atoms with E-state index in [1.165, 1.54) is 11.8 Å². The first-order valence-electron chi connectivity index (χ1n) is 8.44. The van der Waals surface area contributed by atoms with Crippen LogP contribution in [0.3, 0.4) is 0 Å². The minimum Gasteiger partial charge on any atom is -0.469 e. The van der Waals surface area contributed by atoms with Crippen molar-refractivity contribution in [1.82, 2.24) is 14.8 Å². The van der Waals surface area contributed by atoms with Gasteiger partial charge in [-0.25, -0.2) is 0 Å². The summed E-state index contributed by atoms with van der Waals surface area (Å²) < 4.78 is 7.42. The molecule has 0 aliphatic carbocycles. The van der Waals surface area contributed by atoms with Crippen LogP contribution in [-0.4, -0.2) is 26.4 Å². The molecule has 136 valence electrons. The second-order valence-electron chi connectivity index (χ2n) is 6.37. The predicted molar refractivity (Wildman–Crippen MR) is 103 cm³/mol. The van der Waals surface area contributed by atoms with Crippen LogP contribution in [-0.2, 0) is 4.79 Å². The van der Waals surface area contributed by atoms with Gasteiger partial charge < -0.3 is 9.73 Å². The minimum atomic E-state index is -0.0695. The molecule has 3 aromatic rings. The molecule has 26 heavy (non-hydrogen) atoms. The maximum absolute atomic E-state index is 12.3. The molecule has 0 radical (unpaired) electrons. The normalized spacial score (nSPS) is 11.1. The number of benzene rings is 1. The Labute approximate surface area is 157 Å². The van der Waals surface area contributed by atoms with Crippen LogP contribution in [0.1, 0.15) is 31.2 Å². The Bertz CT molecular complexity index is 914. The summed E-state index contributed by atoms with van der Waals surface area (Å²) >= 11 is 1.38. The van der Waals surface area contributed by atoms with Crippen LogP contribution in [0.25, 0.3) is 11.4 Å². The molecule has 3 rings (SSSR count). The highest BCUT2D eigenvalue weighted by Gasteiger charge is 2.20. The molecular weight excluding hydrogens is 348 g/mol. The van der Waals surface area contributed by atoms with Gasteiger partial charge in [-0.05, 0) is 51.5 Å². The van der Waals surface area contributed by atoms with Crippen LogP contribution in [0.15, 0.2) is 46.2 Å². The molecule has 6 nitrogen and oxygen atoms in total. The van der Waals surface area contributed by atoms with E-state index in [1.54, 1.807) is 6.26 Å². The Hall–Kier alpha value is -2.54. The molecule has 0 aliphatic heterocycles. The quantitative estimate of drug-likeness (QED) is 0.648. The maximum atomic E-state index is 12.3. The van der Waals surface area contributed by atoms with E-state index in [4.69, 9.17) is 4.42 Å². The van der Waals surface area contributed by atoms with Crippen molar-refractivity contribution in [2.75, 3.05) is 11.1 Å². The molecule has 0 aliphatic rings. The van der Waals surface area contributed by atoms with Crippen LogP contribution in [0.4, 0.5) is 5.69 Å². The number of thioether (sulfide) groups is 1. The summed E-state index contributed by atoms with van der Waals surface area (Å²) in [6.45, 7) is 8.03. The van der Waals surface area contributed by atoms with Gasteiger partial charge in [0, 0.05) is 11.7 Å². The van der Waals surface area contributed by atoms with Gasteiger partial charge in [-0.1, -0.05) is 23.9 Å². The summed E-state index contributed by atoms with van der Waals surface area (Å²) in [4.78, 5) is 12.3. The van der Waals surface area contributed by atoms with Gasteiger partial charge in [-0.2, -0.15) is 0 Å². The lowest BCUT2D eigenvalue weighted by molar-refractivity contribution is -0.113. The largest absolute Gasteiger partial charge is 0.469 e. The van der Waals surface area contributed by atoms with Crippen LogP contribution < -0.4 is 5.32 Å². The SMILES string of the molecule is Cc1cccc(NC(=O)CSc2nnc(-c3ccoc3C)n2C(C)C)c1. The number of amides is 1. The van der Waals surface area contributed by atoms with Crippen molar-refractivity contribution in [3.8, 4) is 11.4 Å². The number of aromatic nitrogens is 3. The zero-order valence-corrected chi connectivity index (χ0v) is 16.1. The van der Waals surface area contributed by atoms with Gasteiger partial charge in [-0.15, -0.1) is 10.2 Å². The zero-order chi connectivity index (χ0) is 18.7. The van der Waals surface area contributed by atoms with E-state index >= 15 is 0 Å². The first-order chi connectivity index (χ1) is 12.5. The zero-order valence-electron chi connectivity index (χ0n) is 15.3. The second-order valence-corrected chi connectivity index (χ2v) is 7.31. The highest BCUT2D eigenvalue weighted by Crippen LogP contribution is 2.30. The van der Waals surface area contributed by atoms with Crippen LogP contribution in [0.2, 0.25) is 0 Å². The molecule has 0 spiro atoms. The number of hydrogen-bond acceptors (Lipinski definition) is 5. The maximum Gasteiger partial charge on any atom is 0.234 e. The molecule has 0 bridgehead atoms. The number of nitrogens with one attached hydrogen (secondary N) is 1. The molecule has 0 atom stereocenters. The van der Waals surface area contributed by atoms with Gasteiger partial charge in [0.15, 0.2) is 11.0 Å². The fraction of sp³-hybridized carbons (Fsp3) is 0.316. The molecule has 0 saturated carbocycles. The highest BCUT2D eigenvalue weighted by atomic mass is 32.2. The number of rotatable bonds is 6. The molecule has 0 unspecified atom stereocenters. The Morgan fingerprint density at radius 1 is 1.27 bits per heavy atom. The van der Waals surface area contributed by atoms with Gasteiger partial charge in [-0.3, -0.25) is 9.36 Å². The molecule has 0 saturated heterocycles. The summed E-state index contributed by atoms with van der Waals surface area (Å²) in [6, 6.07) is 9.79. The van der Waals surface area contributed by atoms with Crippen molar-refractivity contribution in [3.63, 3.8) is 0 Å². The van der Waals surface area contributed by atoms with Crippen molar-refractivity contribution in [2.45, 2.75) is 38.9 Å². The fourth-order valence-electron chi connectivity index (χ4n) is 2.69. The van der Waals surface area contributed by atoms with E-state index in [0.29, 0.717) is 0 Å². The molecule has 0 fully saturated rings. The lowest BCUT2D eigenvalue weighted by Crippen LogP contribution is -2.15. The molecule has 1 amide bonds. The van der Waals surface area contributed by atoms with E-state index in [2.05, 4.69) is 29.4 Å². The Balaban J connectivity index is 1.73. The number of aryl methyl sites for hydroxylation is 2. The van der Waals surface area contributed by atoms with E-state index in [9.17, 15) is 4.79 Å². The minimum absolute atomic E-state index is 0.0695. The molecule has 2 aromatic heterocycles. The monoisotopic (exact) mass is 370 g/mol. The van der Waals surface area contributed by atoms with Crippen molar-refractivity contribution >= 4 is 23.4 Å². The van der Waals surface area contributed by atoms with Gasteiger partial charge >= 0.3 is 0 Å². The predicted octanol–water partition coefficient (Wildman–Crippen LogP) is 4.47. The summed E-state index contributed by atoms with van der Waals surface area (Å²) in [7, 11) is 0. The number of anilines is 1. The van der Waals surface area contributed by atoms with E-state index in [-0.39, 0.29) is 17.7 Å². The Kier molecular flexibility index (Phi) is 5.46. The number of furan rings is 1. The lowest BCUT2D eigenvalue weighted by Gasteiger charge is -2.13. The average Bonchev–Trinajstić information content (AvgIpc) is 3.18. The first kappa shape index (κ1) is 18.3. The topological polar surface area (TPSA) is 73.0 Å². The van der Waals surface area contributed by atoms with Gasteiger partial charge in [0.2, 0.25) is 5.91 Å². The summed E-state index contributed by atoms with van der Waals surface area (Å²) in [5.41, 5.74) is 2.83. The smallest absolute Gasteiger partial charge is 0.234 e. The number of carbonyl (C=O) groups excluding carboxylic acids is 1. The average molecular weight is 370 g/mol. The standard InChI is InChI=1S/C19H22N4O2S/c1-12(2)23-18(16-8-9-25-14(16)4)21-22-19(23)26-11-17(24)20-15-7-5-6-13(3)10-15/h5-10,12H,11H2,1-4H3,(H,20,24). The fourth-order valence-corrected chi connectivity index (χ4v) is 3.56. The second kappa shape index (κ2) is 7.78. The summed E-state index contributed by atoms with van der Waals surface area (Å²) in [5, 5.41) is 12.2. The van der Waals surface area contributed by atoms with E-state index < -0.39 is 0 Å².